The molecule has 0 saturated carbocycles. The molecule has 0 radical (unpaired) electrons. The van der Waals surface area contributed by atoms with Crippen molar-refractivity contribution in [3.05, 3.63) is 190 Å². The molecule has 2 aromatic heterocycles. The van der Waals surface area contributed by atoms with E-state index in [4.69, 9.17) is 4.42 Å². The van der Waals surface area contributed by atoms with Gasteiger partial charge in [0.25, 0.3) is 6.71 Å². The van der Waals surface area contributed by atoms with Crippen molar-refractivity contribution in [3.63, 3.8) is 0 Å². The van der Waals surface area contributed by atoms with Crippen LogP contribution < -0.4 is 30.4 Å². The van der Waals surface area contributed by atoms with Gasteiger partial charge in [-0.2, -0.15) is 0 Å². The van der Waals surface area contributed by atoms with Crippen molar-refractivity contribution in [2.24, 2.45) is 0 Å². The Kier molecular flexibility index (Phi) is 12.3. The number of rotatable bonds is 5. The van der Waals surface area contributed by atoms with Gasteiger partial charge >= 0.3 is 0 Å². The molecular formula is C82H90BN3OS. The molecule has 0 unspecified atom stereocenters. The van der Waals surface area contributed by atoms with Gasteiger partial charge in [0.05, 0.1) is 11.4 Å². The minimum absolute atomic E-state index is 0.000547. The molecule has 10 aromatic rings. The zero-order valence-corrected chi connectivity index (χ0v) is 56.7. The number of thiophene rings is 1. The number of anilines is 9. The van der Waals surface area contributed by atoms with Crippen LogP contribution in [0.1, 0.15) is 208 Å². The van der Waals surface area contributed by atoms with Crippen LogP contribution in [0.3, 0.4) is 0 Å². The maximum absolute atomic E-state index is 6.60. The molecule has 0 bridgehead atoms. The number of nitrogens with zero attached hydrogens (tertiary/aromatic N) is 3. The topological polar surface area (TPSA) is 22.9 Å². The summed E-state index contributed by atoms with van der Waals surface area (Å²) >= 11 is 2.03. The van der Waals surface area contributed by atoms with E-state index in [-0.39, 0.29) is 50.0 Å². The lowest BCUT2D eigenvalue weighted by Crippen LogP contribution is -2.61. The molecular weight excluding hydrogens is 1090 g/mol. The fourth-order valence-corrected chi connectivity index (χ4v) is 17.8. The predicted molar refractivity (Wildman–Crippen MR) is 381 cm³/mol. The summed E-state index contributed by atoms with van der Waals surface area (Å²) in [7, 11) is 0. The molecule has 5 aliphatic rings. The van der Waals surface area contributed by atoms with E-state index in [1.807, 2.05) is 11.3 Å². The summed E-state index contributed by atoms with van der Waals surface area (Å²) in [6, 6.07) is 58.2. The van der Waals surface area contributed by atoms with Crippen LogP contribution >= 0.6 is 11.3 Å². The third-order valence-electron chi connectivity index (χ3n) is 22.5. The van der Waals surface area contributed by atoms with Crippen LogP contribution in [0, 0.1) is 0 Å². The standard InChI is InChI=1S/C82H90BN3OS/c1-75(2,3)49-23-26-51(27-24-49)84(52-30-33-70-57(42-52)56-21-19-20-22-69(56)87-70)55-45-67-72-68(46-55)86(54-29-32-60-62(44-54)80(13,14)38-36-78(60,9)10)73-58-41-50(76(4,5)6)25-34-71(58)88-74(73)83(72)65-47-63-64(82(17,18)40-39-81(63,15)16)48-66(65)85(67)53-28-31-59-61(43-53)79(11,12)37-35-77(59,7)8/h19-34,41-48H,35-40H2,1-18H3. The summed E-state index contributed by atoms with van der Waals surface area (Å²) in [6.45, 7) is 43.9. The van der Waals surface area contributed by atoms with Gasteiger partial charge in [-0.25, -0.2) is 0 Å². The van der Waals surface area contributed by atoms with E-state index in [0.29, 0.717) is 0 Å². The Balaban J connectivity index is 1.12. The zero-order chi connectivity index (χ0) is 61.9. The highest BCUT2D eigenvalue weighted by atomic mass is 32.1. The summed E-state index contributed by atoms with van der Waals surface area (Å²) in [5.41, 5.74) is 27.0. The summed E-state index contributed by atoms with van der Waals surface area (Å²) in [4.78, 5) is 8.07. The fourth-order valence-electron chi connectivity index (χ4n) is 16.5. The van der Waals surface area contributed by atoms with Gasteiger partial charge in [-0.05, 0) is 228 Å². The van der Waals surface area contributed by atoms with Crippen molar-refractivity contribution in [1.29, 1.82) is 0 Å². The van der Waals surface area contributed by atoms with Crippen LogP contribution in [0.2, 0.25) is 0 Å². The summed E-state index contributed by atoms with van der Waals surface area (Å²) in [6.07, 6.45) is 6.91. The van der Waals surface area contributed by atoms with Gasteiger partial charge in [0.15, 0.2) is 0 Å². The van der Waals surface area contributed by atoms with E-state index in [1.165, 1.54) is 117 Å². The van der Waals surface area contributed by atoms with Crippen LogP contribution in [0.5, 0.6) is 0 Å². The fraction of sp³-hybridized carbons (Fsp3) is 0.390. The van der Waals surface area contributed by atoms with Crippen molar-refractivity contribution in [1.82, 2.24) is 0 Å². The number of fused-ring (bicyclic) bond motifs is 12. The van der Waals surface area contributed by atoms with Crippen molar-refractivity contribution in [2.75, 3.05) is 14.7 Å². The van der Waals surface area contributed by atoms with E-state index < -0.39 is 0 Å². The Hall–Kier alpha value is -7.02. The second-order valence-electron chi connectivity index (χ2n) is 33.4. The van der Waals surface area contributed by atoms with E-state index >= 15 is 0 Å². The first kappa shape index (κ1) is 57.4. The van der Waals surface area contributed by atoms with Crippen LogP contribution in [-0.4, -0.2) is 6.71 Å². The summed E-state index contributed by atoms with van der Waals surface area (Å²) in [5.74, 6) is 0. The van der Waals surface area contributed by atoms with Gasteiger partial charge in [-0.3, -0.25) is 0 Å². The number of furan rings is 1. The Morgan fingerprint density at radius 2 is 0.898 bits per heavy atom. The first-order valence-electron chi connectivity index (χ1n) is 33.0. The lowest BCUT2D eigenvalue weighted by molar-refractivity contribution is 0.332. The van der Waals surface area contributed by atoms with Gasteiger partial charge in [0, 0.05) is 65.4 Å². The van der Waals surface area contributed by atoms with E-state index in [0.717, 1.165) is 64.7 Å². The monoisotopic (exact) mass is 1180 g/mol. The second-order valence-corrected chi connectivity index (χ2v) is 34.5. The highest BCUT2D eigenvalue weighted by molar-refractivity contribution is 7.33. The van der Waals surface area contributed by atoms with Crippen molar-refractivity contribution in [2.45, 2.75) is 206 Å². The van der Waals surface area contributed by atoms with Gasteiger partial charge in [0.1, 0.15) is 11.2 Å². The zero-order valence-electron chi connectivity index (χ0n) is 55.8. The largest absolute Gasteiger partial charge is 0.456 e. The van der Waals surface area contributed by atoms with E-state index in [1.54, 1.807) is 0 Å². The SMILES string of the molecule is CC(C)(C)c1ccc(N(c2cc3c4c(c2)N(c2ccc5c(c2)C(C)(C)CCC5(C)C)c2c(sc5ccc(C(C)(C)C)cc25)B4c2cc4c(cc2N3c2ccc3c(c2)C(C)(C)CCC3(C)C)C(C)(C)CCC4(C)C)c2ccc3oc4ccccc4c3c2)cc1. The van der Waals surface area contributed by atoms with Gasteiger partial charge in [-0.1, -0.05) is 179 Å². The van der Waals surface area contributed by atoms with Crippen molar-refractivity contribution < 1.29 is 4.42 Å². The minimum atomic E-state index is -0.0549. The van der Waals surface area contributed by atoms with Gasteiger partial charge < -0.3 is 19.1 Å². The third-order valence-corrected chi connectivity index (χ3v) is 23.8. The highest BCUT2D eigenvalue weighted by Gasteiger charge is 2.50. The molecule has 15 rings (SSSR count). The van der Waals surface area contributed by atoms with Gasteiger partial charge in [-0.15, -0.1) is 11.3 Å². The molecule has 0 saturated heterocycles. The number of para-hydroxylation sites is 1. The normalized spacial score (nSPS) is 19.0. The first-order chi connectivity index (χ1) is 41.3. The number of benzene rings is 8. The number of hydrogen-bond donors (Lipinski definition) is 0. The second kappa shape index (κ2) is 18.8. The van der Waals surface area contributed by atoms with Crippen LogP contribution in [0.25, 0.3) is 32.0 Å². The lowest BCUT2D eigenvalue weighted by atomic mass is 9.35. The highest BCUT2D eigenvalue weighted by Crippen LogP contribution is 2.57. The van der Waals surface area contributed by atoms with E-state index in [9.17, 15) is 0 Å². The molecule has 0 spiro atoms. The molecule has 88 heavy (non-hydrogen) atoms. The van der Waals surface area contributed by atoms with Gasteiger partial charge in [0.2, 0.25) is 0 Å². The summed E-state index contributed by atoms with van der Waals surface area (Å²) in [5, 5.41) is 3.56. The minimum Gasteiger partial charge on any atom is -0.456 e. The maximum atomic E-state index is 6.60. The Bertz CT molecular complexity index is 4560. The summed E-state index contributed by atoms with van der Waals surface area (Å²) < 4.78 is 9.36. The quantitative estimate of drug-likeness (QED) is 0.160. The first-order valence-corrected chi connectivity index (χ1v) is 33.8. The predicted octanol–water partition coefficient (Wildman–Crippen LogP) is 22.0. The molecule has 4 nitrogen and oxygen atoms in total. The van der Waals surface area contributed by atoms with Crippen LogP contribution in [-0.2, 0) is 43.3 Å². The van der Waals surface area contributed by atoms with Crippen molar-refractivity contribution in [3.8, 4) is 0 Å². The smallest absolute Gasteiger partial charge is 0.264 e. The molecule has 0 amide bonds. The van der Waals surface area contributed by atoms with Crippen molar-refractivity contribution >= 4 is 117 Å². The van der Waals surface area contributed by atoms with Crippen LogP contribution in [0.4, 0.5) is 51.2 Å². The average molecular weight is 1180 g/mol. The Morgan fingerprint density at radius 3 is 1.48 bits per heavy atom. The third kappa shape index (κ3) is 8.70. The molecule has 6 heteroatoms. The Morgan fingerprint density at radius 1 is 0.409 bits per heavy atom. The average Bonchev–Trinajstić information content (AvgIpc) is 1.01. The van der Waals surface area contributed by atoms with E-state index in [2.05, 4.69) is 285 Å². The maximum Gasteiger partial charge on any atom is 0.264 e. The molecule has 3 aliphatic carbocycles. The molecule has 0 N–H and O–H groups in total. The molecule has 0 atom stereocenters. The Labute approximate surface area is 529 Å². The number of hydrogen-bond acceptors (Lipinski definition) is 5. The molecule has 4 heterocycles. The molecule has 8 aromatic carbocycles. The molecule has 448 valence electrons. The lowest BCUT2D eigenvalue weighted by Gasteiger charge is -2.48. The molecule has 2 aliphatic heterocycles. The van der Waals surface area contributed by atoms with Crippen LogP contribution in [0.15, 0.2) is 150 Å². The molecule has 0 fully saturated rings.